The van der Waals surface area contributed by atoms with E-state index < -0.39 is 18.0 Å². The first-order valence-corrected chi connectivity index (χ1v) is 10.1. The van der Waals surface area contributed by atoms with Crippen LogP contribution < -0.4 is 25.4 Å². The Morgan fingerprint density at radius 2 is 1.94 bits per heavy atom. The van der Waals surface area contributed by atoms with E-state index in [1.165, 1.54) is 0 Å². The van der Waals surface area contributed by atoms with Crippen molar-refractivity contribution in [2.45, 2.75) is 25.4 Å². The van der Waals surface area contributed by atoms with Gasteiger partial charge in [-0.1, -0.05) is 0 Å². The second-order valence-electron chi connectivity index (χ2n) is 7.29. The summed E-state index contributed by atoms with van der Waals surface area (Å²) in [6, 6.07) is 7.46. The first-order chi connectivity index (χ1) is 15.1. The Kier molecular flexibility index (Phi) is 6.37. The number of urea groups is 1. The molecule has 4 amide bonds. The van der Waals surface area contributed by atoms with E-state index >= 15 is 0 Å². The fourth-order valence-electron chi connectivity index (χ4n) is 3.65. The summed E-state index contributed by atoms with van der Waals surface area (Å²) in [6.45, 7) is 1.77. The Labute approximate surface area is 178 Å². The Morgan fingerprint density at radius 1 is 1.10 bits per heavy atom. The number of hydrogen-bond acceptors (Lipinski definition) is 7. The summed E-state index contributed by atoms with van der Waals surface area (Å²) in [6.07, 6.45) is 3.00. The fraction of sp³-hybridized carbons (Fsp3) is 0.381. The average Bonchev–Trinajstić information content (AvgIpc) is 3.44. The molecular weight excluding hydrogens is 404 g/mol. The van der Waals surface area contributed by atoms with E-state index in [0.717, 1.165) is 6.42 Å². The molecule has 3 N–H and O–H groups in total. The molecule has 1 aromatic heterocycles. The van der Waals surface area contributed by atoms with Gasteiger partial charge in [-0.05, 0) is 43.7 Å². The van der Waals surface area contributed by atoms with E-state index in [-0.39, 0.29) is 12.5 Å². The smallest absolute Gasteiger partial charge is 0.325 e. The quantitative estimate of drug-likeness (QED) is 0.637. The number of benzene rings is 1. The Morgan fingerprint density at radius 3 is 2.74 bits per heavy atom. The first kappa shape index (κ1) is 20.7. The maximum absolute atomic E-state index is 12.5. The molecule has 164 valence electrons. The van der Waals surface area contributed by atoms with Crippen LogP contribution in [0, 0.1) is 0 Å². The van der Waals surface area contributed by atoms with Crippen molar-refractivity contribution in [1.82, 2.24) is 15.5 Å². The van der Waals surface area contributed by atoms with Gasteiger partial charge >= 0.3 is 6.03 Å². The number of carbonyl (C=O) groups excluding carboxylic acids is 3. The predicted octanol–water partition coefficient (Wildman–Crippen LogP) is 1.48. The highest BCUT2D eigenvalue weighted by atomic mass is 16.6. The zero-order chi connectivity index (χ0) is 21.6. The minimum absolute atomic E-state index is 0.0482. The third-order valence-corrected chi connectivity index (χ3v) is 5.08. The minimum Gasteiger partial charge on any atom is -0.486 e. The number of carbonyl (C=O) groups is 3. The average molecular weight is 428 g/mol. The van der Waals surface area contributed by atoms with Gasteiger partial charge in [0, 0.05) is 11.8 Å². The molecule has 2 aliphatic heterocycles. The second-order valence-corrected chi connectivity index (χ2v) is 7.29. The molecule has 1 saturated heterocycles. The van der Waals surface area contributed by atoms with Crippen molar-refractivity contribution >= 4 is 23.5 Å². The third-order valence-electron chi connectivity index (χ3n) is 5.08. The summed E-state index contributed by atoms with van der Waals surface area (Å²) in [7, 11) is 0. The topological polar surface area (TPSA) is 122 Å². The second kappa shape index (κ2) is 9.52. The van der Waals surface area contributed by atoms with Crippen LogP contribution in [0.1, 0.15) is 18.6 Å². The molecule has 1 aromatic carbocycles. The molecule has 10 nitrogen and oxygen atoms in total. The van der Waals surface area contributed by atoms with E-state index in [0.29, 0.717) is 55.7 Å². The Balaban J connectivity index is 1.25. The highest BCUT2D eigenvalue weighted by molar-refractivity contribution is 6.02. The van der Waals surface area contributed by atoms with Crippen LogP contribution in [0.15, 0.2) is 41.0 Å². The summed E-state index contributed by atoms with van der Waals surface area (Å²) in [5.74, 6) is 1.16. The van der Waals surface area contributed by atoms with Crippen molar-refractivity contribution in [3.8, 4) is 11.5 Å². The van der Waals surface area contributed by atoms with Gasteiger partial charge in [-0.15, -0.1) is 0 Å². The third kappa shape index (κ3) is 5.34. The van der Waals surface area contributed by atoms with E-state index in [9.17, 15) is 14.4 Å². The molecule has 31 heavy (non-hydrogen) atoms. The van der Waals surface area contributed by atoms with Crippen LogP contribution >= 0.6 is 0 Å². The summed E-state index contributed by atoms with van der Waals surface area (Å²) in [4.78, 5) is 38.8. The monoisotopic (exact) mass is 428 g/mol. The molecule has 0 aliphatic carbocycles. The highest BCUT2D eigenvalue weighted by Gasteiger charge is 2.32. The minimum atomic E-state index is -0.653. The van der Waals surface area contributed by atoms with E-state index in [4.69, 9.17) is 13.9 Å². The van der Waals surface area contributed by atoms with Crippen LogP contribution in [-0.4, -0.2) is 55.1 Å². The van der Waals surface area contributed by atoms with Crippen molar-refractivity contribution in [3.05, 3.63) is 42.4 Å². The van der Waals surface area contributed by atoms with Crippen LogP contribution in [0.2, 0.25) is 0 Å². The van der Waals surface area contributed by atoms with Gasteiger partial charge in [-0.3, -0.25) is 19.8 Å². The number of amides is 4. The van der Waals surface area contributed by atoms with Crippen molar-refractivity contribution in [2.75, 3.05) is 31.6 Å². The molecule has 4 rings (SSSR count). The van der Waals surface area contributed by atoms with Gasteiger partial charge in [-0.25, -0.2) is 4.79 Å². The number of hydrogen-bond donors (Lipinski definition) is 3. The van der Waals surface area contributed by atoms with Crippen LogP contribution in [0.3, 0.4) is 0 Å². The van der Waals surface area contributed by atoms with Crippen molar-refractivity contribution in [1.29, 1.82) is 0 Å². The number of ether oxygens (including phenoxy) is 2. The number of furan rings is 1. The molecule has 3 heterocycles. The number of fused-ring (bicyclic) bond motifs is 1. The molecule has 2 aromatic rings. The molecule has 0 unspecified atom stereocenters. The van der Waals surface area contributed by atoms with E-state index in [2.05, 4.69) is 16.0 Å². The van der Waals surface area contributed by atoms with Crippen LogP contribution in [0.4, 0.5) is 10.5 Å². The van der Waals surface area contributed by atoms with Gasteiger partial charge in [0.15, 0.2) is 11.5 Å². The lowest BCUT2D eigenvalue weighted by molar-refractivity contribution is -0.127. The van der Waals surface area contributed by atoms with Gasteiger partial charge in [0.05, 0.1) is 25.4 Å². The van der Waals surface area contributed by atoms with Gasteiger partial charge in [0.1, 0.15) is 19.0 Å². The molecule has 0 saturated carbocycles. The van der Waals surface area contributed by atoms with Gasteiger partial charge in [0.25, 0.3) is 0 Å². The lowest BCUT2D eigenvalue weighted by atomic mass is 10.2. The Bertz CT molecular complexity index is 945. The molecular formula is C21H24N4O6. The molecule has 2 aliphatic rings. The lowest BCUT2D eigenvalue weighted by Gasteiger charge is -2.22. The summed E-state index contributed by atoms with van der Waals surface area (Å²) in [5.41, 5.74) is 0.478. The number of anilines is 1. The maximum Gasteiger partial charge on any atom is 0.325 e. The Hall–Kier alpha value is -3.53. The molecule has 1 atom stereocenters. The molecule has 10 heteroatoms. The summed E-state index contributed by atoms with van der Waals surface area (Å²) in [5, 5.41) is 7.72. The van der Waals surface area contributed by atoms with Crippen molar-refractivity contribution < 1.29 is 28.3 Å². The predicted molar refractivity (Wildman–Crippen MR) is 110 cm³/mol. The van der Waals surface area contributed by atoms with Crippen molar-refractivity contribution in [3.63, 3.8) is 0 Å². The largest absolute Gasteiger partial charge is 0.486 e. The number of imide groups is 1. The molecule has 0 bridgehead atoms. The number of nitrogens with zero attached hydrogens (tertiary/aromatic N) is 1. The number of nitrogens with one attached hydrogen (secondary N) is 3. The number of likely N-dealkylation sites (tertiary alicyclic amines) is 1. The maximum atomic E-state index is 12.5. The van der Waals surface area contributed by atoms with Gasteiger partial charge < -0.3 is 24.5 Å². The molecule has 0 radical (unpaired) electrons. The first-order valence-electron chi connectivity index (χ1n) is 10.1. The summed E-state index contributed by atoms with van der Waals surface area (Å²) >= 11 is 0. The van der Waals surface area contributed by atoms with E-state index in [1.54, 1.807) is 41.5 Å². The van der Waals surface area contributed by atoms with Crippen molar-refractivity contribution in [2.24, 2.45) is 0 Å². The summed E-state index contributed by atoms with van der Waals surface area (Å²) < 4.78 is 16.1. The van der Waals surface area contributed by atoms with Crippen LogP contribution in [0.5, 0.6) is 11.5 Å². The highest BCUT2D eigenvalue weighted by Crippen LogP contribution is 2.32. The number of rotatable bonds is 6. The lowest BCUT2D eigenvalue weighted by Crippen LogP contribution is -2.48. The van der Waals surface area contributed by atoms with Gasteiger partial charge in [0.2, 0.25) is 11.8 Å². The normalized spacial score (nSPS) is 17.7. The SMILES string of the molecule is O=C(CN1CCC[C@@H]1C(=O)NCc1ccco1)NC(=O)Nc1ccc2c(c1)OCCO2. The molecule has 1 fully saturated rings. The zero-order valence-electron chi connectivity index (χ0n) is 16.9. The fourth-order valence-corrected chi connectivity index (χ4v) is 3.65. The van der Waals surface area contributed by atoms with Crippen LogP contribution in [0.25, 0.3) is 0 Å². The van der Waals surface area contributed by atoms with Crippen LogP contribution in [-0.2, 0) is 16.1 Å². The molecule has 0 spiro atoms. The standard InChI is InChI=1S/C21H24N4O6/c26-19(24-21(28)23-14-5-6-17-18(11-14)31-10-9-30-17)13-25-7-1-4-16(25)20(27)22-12-15-3-2-8-29-15/h2-3,5-6,8,11,16H,1,4,7,9-10,12-13H2,(H,22,27)(H2,23,24,26,28)/t16-/m1/s1. The van der Waals surface area contributed by atoms with E-state index in [1.807, 2.05) is 0 Å². The zero-order valence-corrected chi connectivity index (χ0v) is 16.9. The van der Waals surface area contributed by atoms with Gasteiger partial charge in [-0.2, -0.15) is 0 Å².